The van der Waals surface area contributed by atoms with Gasteiger partial charge in [0.1, 0.15) is 16.7 Å². The average molecular weight is 299 g/mol. The smallest absolute Gasteiger partial charge is 0.287 e. The third kappa shape index (κ3) is 3.09. The van der Waals surface area contributed by atoms with Crippen LogP contribution in [0.15, 0.2) is 33.5 Å². The van der Waals surface area contributed by atoms with Crippen molar-refractivity contribution in [2.24, 2.45) is 5.73 Å². The number of nitrogens with one attached hydrogen (secondary N) is 1. The van der Waals surface area contributed by atoms with Gasteiger partial charge < -0.3 is 20.2 Å². The van der Waals surface area contributed by atoms with Crippen LogP contribution in [0.1, 0.15) is 10.6 Å². The van der Waals surface area contributed by atoms with Crippen LogP contribution in [0.5, 0.6) is 5.75 Å². The Balaban J connectivity index is 0.00000200. The normalized spacial score (nSPS) is 9.90. The van der Waals surface area contributed by atoms with Crippen molar-refractivity contribution >= 4 is 29.3 Å². The van der Waals surface area contributed by atoms with Crippen molar-refractivity contribution in [3.05, 3.63) is 40.2 Å². The van der Waals surface area contributed by atoms with Crippen LogP contribution in [0.25, 0.3) is 11.0 Å². The molecule has 0 aliphatic rings. The number of methoxy groups -OCH3 is 1. The van der Waals surface area contributed by atoms with E-state index in [4.69, 9.17) is 14.9 Å². The molecule has 2 aromatic rings. The molecule has 0 fully saturated rings. The fourth-order valence-corrected chi connectivity index (χ4v) is 1.73. The van der Waals surface area contributed by atoms with Gasteiger partial charge in [-0.15, -0.1) is 12.4 Å². The first-order valence-electron chi connectivity index (χ1n) is 5.76. The summed E-state index contributed by atoms with van der Waals surface area (Å²) in [5.41, 5.74) is 5.28. The Hall–Kier alpha value is -2.05. The van der Waals surface area contributed by atoms with Crippen molar-refractivity contribution in [1.82, 2.24) is 5.32 Å². The second kappa shape index (κ2) is 6.93. The summed E-state index contributed by atoms with van der Waals surface area (Å²) in [5, 5.41) is 2.86. The highest BCUT2D eigenvalue weighted by molar-refractivity contribution is 5.94. The van der Waals surface area contributed by atoms with E-state index in [1.54, 1.807) is 18.2 Å². The summed E-state index contributed by atoms with van der Waals surface area (Å²) in [6.07, 6.45) is 0. The summed E-state index contributed by atoms with van der Waals surface area (Å²) in [6, 6.07) is 6.11. The monoisotopic (exact) mass is 298 g/mol. The van der Waals surface area contributed by atoms with Crippen LogP contribution in [0.4, 0.5) is 0 Å². The van der Waals surface area contributed by atoms with Gasteiger partial charge in [-0.2, -0.15) is 0 Å². The van der Waals surface area contributed by atoms with Crippen LogP contribution in [-0.4, -0.2) is 26.1 Å². The van der Waals surface area contributed by atoms with Crippen LogP contribution >= 0.6 is 12.4 Å². The van der Waals surface area contributed by atoms with Gasteiger partial charge in [0.25, 0.3) is 5.91 Å². The number of carbonyl (C=O) groups is 1. The minimum Gasteiger partial charge on any atom is -0.496 e. The van der Waals surface area contributed by atoms with Crippen molar-refractivity contribution in [2.45, 2.75) is 0 Å². The zero-order valence-corrected chi connectivity index (χ0v) is 11.7. The number of rotatable bonds is 4. The first-order chi connectivity index (χ1) is 9.17. The topological polar surface area (TPSA) is 94.6 Å². The Morgan fingerprint density at radius 2 is 2.20 bits per heavy atom. The van der Waals surface area contributed by atoms with Crippen molar-refractivity contribution in [3.63, 3.8) is 0 Å². The largest absolute Gasteiger partial charge is 0.496 e. The van der Waals surface area contributed by atoms with E-state index >= 15 is 0 Å². The van der Waals surface area contributed by atoms with Crippen molar-refractivity contribution in [3.8, 4) is 5.75 Å². The molecule has 7 heteroatoms. The lowest BCUT2D eigenvalue weighted by molar-refractivity contribution is 0.0927. The minimum absolute atomic E-state index is 0. The fraction of sp³-hybridized carbons (Fsp3) is 0.231. The van der Waals surface area contributed by atoms with Crippen molar-refractivity contribution in [2.75, 3.05) is 20.2 Å². The van der Waals surface area contributed by atoms with Crippen LogP contribution in [-0.2, 0) is 0 Å². The van der Waals surface area contributed by atoms with Gasteiger partial charge in [-0.3, -0.25) is 9.59 Å². The number of benzene rings is 1. The maximum atomic E-state index is 12.0. The zero-order valence-electron chi connectivity index (χ0n) is 10.8. The molecule has 0 unspecified atom stereocenters. The van der Waals surface area contributed by atoms with E-state index in [-0.39, 0.29) is 23.6 Å². The molecule has 1 aromatic carbocycles. The Bertz CT molecular complexity index is 669. The predicted octanol–water partition coefficient (Wildman–Crippen LogP) is 0.912. The van der Waals surface area contributed by atoms with Crippen LogP contribution < -0.4 is 21.2 Å². The summed E-state index contributed by atoms with van der Waals surface area (Å²) in [6.45, 7) is 0.635. The summed E-state index contributed by atoms with van der Waals surface area (Å²) >= 11 is 0. The van der Waals surface area contributed by atoms with E-state index in [1.807, 2.05) is 0 Å². The molecule has 6 nitrogen and oxygen atoms in total. The molecule has 1 aromatic heterocycles. The van der Waals surface area contributed by atoms with Gasteiger partial charge in [-0.25, -0.2) is 0 Å². The molecule has 20 heavy (non-hydrogen) atoms. The molecule has 108 valence electrons. The second-order valence-electron chi connectivity index (χ2n) is 3.85. The maximum absolute atomic E-state index is 12.0. The molecule has 1 amide bonds. The zero-order chi connectivity index (χ0) is 13.8. The lowest BCUT2D eigenvalue weighted by Crippen LogP contribution is -2.29. The molecule has 1 heterocycles. The summed E-state index contributed by atoms with van der Waals surface area (Å²) in [4.78, 5) is 23.7. The average Bonchev–Trinajstić information content (AvgIpc) is 2.43. The van der Waals surface area contributed by atoms with Gasteiger partial charge in [-0.1, -0.05) is 6.07 Å². The highest BCUT2D eigenvalue weighted by Gasteiger charge is 2.14. The van der Waals surface area contributed by atoms with Gasteiger partial charge in [0.15, 0.2) is 11.2 Å². The number of fused-ring (bicyclic) bond motifs is 1. The molecular formula is C13H15ClN2O4. The molecule has 0 radical (unpaired) electrons. The van der Waals surface area contributed by atoms with Crippen molar-refractivity contribution < 1.29 is 13.9 Å². The second-order valence-corrected chi connectivity index (χ2v) is 3.85. The molecule has 2 rings (SSSR count). The molecule has 0 aliphatic heterocycles. The SMILES string of the molecule is COc1cccc2oc(C(=O)NCCN)cc(=O)c12.Cl. The Morgan fingerprint density at radius 1 is 1.45 bits per heavy atom. The van der Waals surface area contributed by atoms with Gasteiger partial charge in [-0.05, 0) is 12.1 Å². The van der Waals surface area contributed by atoms with Gasteiger partial charge >= 0.3 is 0 Å². The third-order valence-corrected chi connectivity index (χ3v) is 2.59. The molecule has 0 saturated heterocycles. The van der Waals surface area contributed by atoms with Crippen molar-refractivity contribution in [1.29, 1.82) is 0 Å². The van der Waals surface area contributed by atoms with E-state index in [9.17, 15) is 9.59 Å². The number of ether oxygens (including phenoxy) is 1. The molecule has 3 N–H and O–H groups in total. The first kappa shape index (κ1) is 16.0. The first-order valence-corrected chi connectivity index (χ1v) is 5.76. The van der Waals surface area contributed by atoms with E-state index < -0.39 is 5.91 Å². The predicted molar refractivity (Wildman–Crippen MR) is 77.7 cm³/mol. The van der Waals surface area contributed by atoms with E-state index in [0.717, 1.165) is 6.07 Å². The number of hydrogen-bond acceptors (Lipinski definition) is 5. The summed E-state index contributed by atoms with van der Waals surface area (Å²) in [7, 11) is 1.47. The van der Waals surface area contributed by atoms with E-state index in [2.05, 4.69) is 5.32 Å². The highest BCUT2D eigenvalue weighted by Crippen LogP contribution is 2.22. The number of hydrogen-bond donors (Lipinski definition) is 2. The number of carbonyl (C=O) groups excluding carboxylic acids is 1. The molecule has 0 bridgehead atoms. The quantitative estimate of drug-likeness (QED) is 0.875. The number of halogens is 1. The molecule has 0 saturated carbocycles. The summed E-state index contributed by atoms with van der Waals surface area (Å²) < 4.78 is 10.5. The van der Waals surface area contributed by atoms with Gasteiger partial charge in [0, 0.05) is 19.2 Å². The molecule has 0 aliphatic carbocycles. The van der Waals surface area contributed by atoms with E-state index in [0.29, 0.717) is 29.8 Å². The molecule has 0 spiro atoms. The van der Waals surface area contributed by atoms with Crippen LogP contribution in [0.2, 0.25) is 0 Å². The van der Waals surface area contributed by atoms with Crippen LogP contribution in [0.3, 0.4) is 0 Å². The molecular weight excluding hydrogens is 284 g/mol. The maximum Gasteiger partial charge on any atom is 0.287 e. The molecule has 0 atom stereocenters. The summed E-state index contributed by atoms with van der Waals surface area (Å²) in [5.74, 6) is -0.0911. The Morgan fingerprint density at radius 3 is 2.85 bits per heavy atom. The Labute approximate surface area is 121 Å². The number of amides is 1. The lowest BCUT2D eigenvalue weighted by atomic mass is 10.2. The van der Waals surface area contributed by atoms with Gasteiger partial charge in [0.2, 0.25) is 0 Å². The Kier molecular flexibility index (Phi) is 5.54. The van der Waals surface area contributed by atoms with Gasteiger partial charge in [0.05, 0.1) is 7.11 Å². The van der Waals surface area contributed by atoms with Crippen LogP contribution in [0, 0.1) is 0 Å². The lowest BCUT2D eigenvalue weighted by Gasteiger charge is -2.06. The third-order valence-electron chi connectivity index (χ3n) is 2.59. The van der Waals surface area contributed by atoms with E-state index in [1.165, 1.54) is 7.11 Å². The fourth-order valence-electron chi connectivity index (χ4n) is 1.73. The highest BCUT2D eigenvalue weighted by atomic mass is 35.5. The number of nitrogens with two attached hydrogens (primary N) is 1. The minimum atomic E-state index is -0.465. The standard InChI is InChI=1S/C13H14N2O4.ClH/c1-18-9-3-2-4-10-12(9)8(16)7-11(19-10)13(17)15-6-5-14;/h2-4,7H,5-6,14H2,1H3,(H,15,17);1H.